The zero-order valence-corrected chi connectivity index (χ0v) is 16.4. The Labute approximate surface area is 165 Å². The summed E-state index contributed by atoms with van der Waals surface area (Å²) in [7, 11) is 3.96. The Balaban J connectivity index is 2.00. The lowest BCUT2D eigenvalue weighted by atomic mass is 10.1. The van der Waals surface area contributed by atoms with Crippen molar-refractivity contribution in [1.82, 2.24) is 10.2 Å². The van der Waals surface area contributed by atoms with E-state index in [9.17, 15) is 14.4 Å². The fourth-order valence-electron chi connectivity index (χ4n) is 2.58. The van der Waals surface area contributed by atoms with Crippen LogP contribution in [0.5, 0.6) is 0 Å². The van der Waals surface area contributed by atoms with Crippen LogP contribution in [0, 0.1) is 0 Å². The van der Waals surface area contributed by atoms with Crippen molar-refractivity contribution in [2.45, 2.75) is 13.3 Å². The number of anilines is 2. The van der Waals surface area contributed by atoms with E-state index in [0.29, 0.717) is 29.0 Å². The molecule has 2 aromatic carbocycles. The van der Waals surface area contributed by atoms with Gasteiger partial charge in [0.2, 0.25) is 5.91 Å². The molecule has 0 saturated heterocycles. The Morgan fingerprint density at radius 2 is 1.46 bits per heavy atom. The fraction of sp³-hybridized carbons (Fsp3) is 0.286. The highest BCUT2D eigenvalue weighted by molar-refractivity contribution is 6.06. The molecule has 0 radical (unpaired) electrons. The highest BCUT2D eigenvalue weighted by Gasteiger charge is 2.11. The minimum atomic E-state index is -0.331. The van der Waals surface area contributed by atoms with Gasteiger partial charge in [-0.2, -0.15) is 0 Å². The lowest BCUT2D eigenvalue weighted by Crippen LogP contribution is -2.27. The first-order valence-corrected chi connectivity index (χ1v) is 9.07. The third-order valence-electron chi connectivity index (χ3n) is 3.90. The Bertz CT molecular complexity index is 849. The number of amides is 3. The highest BCUT2D eigenvalue weighted by atomic mass is 16.2. The molecule has 0 aromatic heterocycles. The standard InChI is InChI=1S/C21H26N4O3/c1-15(26)23-18-9-5-10-19(14-18)24-21(28)17-8-4-7-16(13-17)20(27)22-11-6-12-25(2)3/h4-5,7-10,13-14H,6,11-12H2,1-3H3,(H,22,27)(H,23,26)(H,24,28). The van der Waals surface area contributed by atoms with Crippen LogP contribution in [-0.4, -0.2) is 49.8 Å². The van der Waals surface area contributed by atoms with Crippen molar-refractivity contribution in [2.24, 2.45) is 0 Å². The van der Waals surface area contributed by atoms with Crippen LogP contribution in [0.2, 0.25) is 0 Å². The average Bonchev–Trinajstić information content (AvgIpc) is 2.64. The van der Waals surface area contributed by atoms with Gasteiger partial charge in [-0.05, 0) is 63.5 Å². The van der Waals surface area contributed by atoms with E-state index in [4.69, 9.17) is 0 Å². The van der Waals surface area contributed by atoms with Crippen LogP contribution in [0.15, 0.2) is 48.5 Å². The van der Waals surface area contributed by atoms with Crippen molar-refractivity contribution in [3.8, 4) is 0 Å². The molecule has 0 heterocycles. The van der Waals surface area contributed by atoms with Crippen molar-refractivity contribution in [3.63, 3.8) is 0 Å². The number of hydrogen-bond donors (Lipinski definition) is 3. The lowest BCUT2D eigenvalue weighted by Gasteiger charge is -2.11. The predicted molar refractivity (Wildman–Crippen MR) is 111 cm³/mol. The molecule has 0 aliphatic carbocycles. The molecule has 0 atom stereocenters. The number of nitrogens with one attached hydrogen (secondary N) is 3. The topological polar surface area (TPSA) is 90.5 Å². The summed E-state index contributed by atoms with van der Waals surface area (Å²) in [5, 5.41) is 8.30. The Morgan fingerprint density at radius 1 is 0.857 bits per heavy atom. The molecule has 0 saturated carbocycles. The predicted octanol–water partition coefficient (Wildman–Crippen LogP) is 2.58. The first-order chi connectivity index (χ1) is 13.3. The number of hydrogen-bond acceptors (Lipinski definition) is 4. The van der Waals surface area contributed by atoms with Gasteiger partial charge in [0, 0.05) is 36.0 Å². The monoisotopic (exact) mass is 382 g/mol. The van der Waals surface area contributed by atoms with Crippen molar-refractivity contribution in [1.29, 1.82) is 0 Å². The second-order valence-electron chi connectivity index (χ2n) is 6.71. The van der Waals surface area contributed by atoms with Gasteiger partial charge in [-0.15, -0.1) is 0 Å². The number of carbonyl (C=O) groups excluding carboxylic acids is 3. The normalized spacial score (nSPS) is 10.4. The summed E-state index contributed by atoms with van der Waals surface area (Å²) >= 11 is 0. The van der Waals surface area contributed by atoms with Gasteiger partial charge >= 0.3 is 0 Å². The summed E-state index contributed by atoms with van der Waals surface area (Å²) in [5.74, 6) is -0.726. The van der Waals surface area contributed by atoms with Crippen LogP contribution in [0.3, 0.4) is 0 Å². The van der Waals surface area contributed by atoms with Gasteiger partial charge in [-0.3, -0.25) is 14.4 Å². The van der Waals surface area contributed by atoms with Gasteiger partial charge in [0.15, 0.2) is 0 Å². The summed E-state index contributed by atoms with van der Waals surface area (Å²) < 4.78 is 0. The average molecular weight is 382 g/mol. The third-order valence-corrected chi connectivity index (χ3v) is 3.90. The van der Waals surface area contributed by atoms with E-state index < -0.39 is 0 Å². The van der Waals surface area contributed by atoms with E-state index in [2.05, 4.69) is 20.9 Å². The van der Waals surface area contributed by atoms with Crippen molar-refractivity contribution < 1.29 is 14.4 Å². The largest absolute Gasteiger partial charge is 0.352 e. The van der Waals surface area contributed by atoms with Crippen LogP contribution >= 0.6 is 0 Å². The van der Waals surface area contributed by atoms with Gasteiger partial charge in [0.25, 0.3) is 11.8 Å². The highest BCUT2D eigenvalue weighted by Crippen LogP contribution is 2.16. The molecule has 3 N–H and O–H groups in total. The number of nitrogens with zero attached hydrogens (tertiary/aromatic N) is 1. The summed E-state index contributed by atoms with van der Waals surface area (Å²) in [6, 6.07) is 13.4. The Morgan fingerprint density at radius 3 is 2.11 bits per heavy atom. The molecule has 28 heavy (non-hydrogen) atoms. The van der Waals surface area contributed by atoms with Gasteiger partial charge in [-0.1, -0.05) is 12.1 Å². The molecular weight excluding hydrogens is 356 g/mol. The summed E-state index contributed by atoms with van der Waals surface area (Å²) in [6.45, 7) is 2.88. The first kappa shape index (κ1) is 21.1. The molecule has 3 amide bonds. The van der Waals surface area contributed by atoms with E-state index in [0.717, 1.165) is 13.0 Å². The Hall–Kier alpha value is -3.19. The van der Waals surface area contributed by atoms with Gasteiger partial charge in [0.1, 0.15) is 0 Å². The van der Waals surface area contributed by atoms with E-state index in [1.165, 1.54) is 6.92 Å². The minimum absolute atomic E-state index is 0.187. The van der Waals surface area contributed by atoms with E-state index in [-0.39, 0.29) is 17.7 Å². The number of rotatable bonds is 8. The third kappa shape index (κ3) is 6.85. The number of carbonyl (C=O) groups is 3. The molecular formula is C21H26N4O3. The van der Waals surface area contributed by atoms with E-state index >= 15 is 0 Å². The van der Waals surface area contributed by atoms with Crippen LogP contribution in [0.25, 0.3) is 0 Å². The molecule has 7 nitrogen and oxygen atoms in total. The minimum Gasteiger partial charge on any atom is -0.352 e. The van der Waals surface area contributed by atoms with Crippen LogP contribution in [-0.2, 0) is 4.79 Å². The summed E-state index contributed by atoms with van der Waals surface area (Å²) in [5.41, 5.74) is 1.96. The molecule has 0 bridgehead atoms. The second-order valence-corrected chi connectivity index (χ2v) is 6.71. The maximum atomic E-state index is 12.5. The van der Waals surface area contributed by atoms with Gasteiger partial charge in [-0.25, -0.2) is 0 Å². The molecule has 2 rings (SSSR count). The van der Waals surface area contributed by atoms with E-state index in [1.54, 1.807) is 48.5 Å². The van der Waals surface area contributed by atoms with E-state index in [1.807, 2.05) is 14.1 Å². The fourth-order valence-corrected chi connectivity index (χ4v) is 2.58. The number of benzene rings is 2. The molecule has 0 aliphatic rings. The Kier molecular flexibility index (Phi) is 7.71. The van der Waals surface area contributed by atoms with Crippen LogP contribution < -0.4 is 16.0 Å². The van der Waals surface area contributed by atoms with Gasteiger partial charge < -0.3 is 20.9 Å². The molecule has 148 valence electrons. The zero-order valence-electron chi connectivity index (χ0n) is 16.4. The van der Waals surface area contributed by atoms with Gasteiger partial charge in [0.05, 0.1) is 0 Å². The van der Waals surface area contributed by atoms with Crippen molar-refractivity contribution in [3.05, 3.63) is 59.7 Å². The molecule has 0 unspecified atom stereocenters. The molecule has 0 fully saturated rings. The second kappa shape index (κ2) is 10.2. The lowest BCUT2D eigenvalue weighted by molar-refractivity contribution is -0.114. The first-order valence-electron chi connectivity index (χ1n) is 9.07. The molecule has 7 heteroatoms. The maximum absolute atomic E-state index is 12.5. The van der Waals surface area contributed by atoms with Crippen LogP contribution in [0.1, 0.15) is 34.1 Å². The summed E-state index contributed by atoms with van der Waals surface area (Å²) in [6.07, 6.45) is 0.851. The summed E-state index contributed by atoms with van der Waals surface area (Å²) in [4.78, 5) is 38.0. The zero-order chi connectivity index (χ0) is 20.5. The smallest absolute Gasteiger partial charge is 0.255 e. The van der Waals surface area contributed by atoms with Crippen molar-refractivity contribution >= 4 is 29.1 Å². The maximum Gasteiger partial charge on any atom is 0.255 e. The molecule has 0 aliphatic heterocycles. The quantitative estimate of drug-likeness (QED) is 0.612. The van der Waals surface area contributed by atoms with Crippen LogP contribution in [0.4, 0.5) is 11.4 Å². The molecule has 0 spiro atoms. The SMILES string of the molecule is CC(=O)Nc1cccc(NC(=O)c2cccc(C(=O)NCCCN(C)C)c2)c1. The molecule has 2 aromatic rings. The van der Waals surface area contributed by atoms with Crippen molar-refractivity contribution in [2.75, 3.05) is 37.8 Å².